The van der Waals surface area contributed by atoms with Gasteiger partial charge in [-0.1, -0.05) is 39.3 Å². The fourth-order valence-electron chi connectivity index (χ4n) is 5.15. The van der Waals surface area contributed by atoms with Crippen molar-refractivity contribution in [2.45, 2.75) is 70.3 Å². The van der Waals surface area contributed by atoms with Crippen molar-refractivity contribution < 1.29 is 13.9 Å². The largest absolute Gasteiger partial charge is 0.367 e. The quantitative estimate of drug-likeness (QED) is 0.0900. The van der Waals surface area contributed by atoms with Crippen LogP contribution in [-0.2, 0) is 9.47 Å². The molecule has 1 saturated heterocycles. The Bertz CT molecular complexity index is 1530. The highest BCUT2D eigenvalue weighted by Gasteiger charge is 2.22. The number of piperidine rings is 1. The van der Waals surface area contributed by atoms with E-state index in [1.54, 1.807) is 6.07 Å². The lowest BCUT2D eigenvalue weighted by Gasteiger charge is -2.28. The Morgan fingerprint density at radius 1 is 0.955 bits per heavy atom. The summed E-state index contributed by atoms with van der Waals surface area (Å²) in [6.07, 6.45) is 5.68. The van der Waals surface area contributed by atoms with Crippen LogP contribution in [0.25, 0.3) is 27.7 Å². The van der Waals surface area contributed by atoms with E-state index >= 15 is 0 Å². The number of hydrogen-bond donors (Lipinski definition) is 2. The van der Waals surface area contributed by atoms with Crippen LogP contribution in [0.5, 0.6) is 0 Å². The zero-order valence-electron chi connectivity index (χ0n) is 27.1. The fraction of sp³-hybridized carbons (Fsp3) is 0.531. The average molecular weight is 638 g/mol. The lowest BCUT2D eigenvalue weighted by molar-refractivity contribution is 0.0943. The van der Waals surface area contributed by atoms with E-state index in [1.807, 2.05) is 23.0 Å². The van der Waals surface area contributed by atoms with Gasteiger partial charge in [0.1, 0.15) is 30.9 Å². The third kappa shape index (κ3) is 8.84. The van der Waals surface area contributed by atoms with E-state index in [-0.39, 0.29) is 5.82 Å². The highest BCUT2D eigenvalue weighted by atomic mass is 28.3. The Balaban J connectivity index is 1.52. The third-order valence-electron chi connectivity index (χ3n) is 7.91. The van der Waals surface area contributed by atoms with Gasteiger partial charge in [-0.3, -0.25) is 4.98 Å². The molecule has 0 aliphatic carbocycles. The van der Waals surface area contributed by atoms with Crippen molar-refractivity contribution in [2.75, 3.05) is 50.0 Å². The molecule has 0 unspecified atom stereocenters. The molecule has 5 rings (SSSR count). The van der Waals surface area contributed by atoms with Crippen molar-refractivity contribution in [1.82, 2.24) is 24.9 Å². The predicted octanol–water partition coefficient (Wildman–Crippen LogP) is 6.68. The van der Waals surface area contributed by atoms with Crippen LogP contribution in [0.4, 0.5) is 16.0 Å². The Morgan fingerprint density at radius 2 is 1.64 bits per heavy atom. The van der Waals surface area contributed by atoms with Gasteiger partial charge in [0.15, 0.2) is 5.65 Å². The summed E-state index contributed by atoms with van der Waals surface area (Å²) in [7, 11) is -2.48. The van der Waals surface area contributed by atoms with Gasteiger partial charge in [-0.05, 0) is 62.3 Å². The molecule has 4 heterocycles. The van der Waals surface area contributed by atoms with Gasteiger partial charge in [-0.15, -0.1) is 0 Å². The summed E-state index contributed by atoms with van der Waals surface area (Å²) in [6.45, 7) is 18.3. The van der Waals surface area contributed by atoms with Gasteiger partial charge < -0.3 is 25.0 Å². The molecule has 0 bridgehead atoms. The number of halogens is 1. The average Bonchev–Trinajstić information content (AvgIpc) is 3.39. The van der Waals surface area contributed by atoms with E-state index in [9.17, 15) is 4.39 Å². The summed E-state index contributed by atoms with van der Waals surface area (Å²) in [6, 6.07) is 11.2. The molecule has 0 atom stereocenters. The fourth-order valence-corrected chi connectivity index (χ4v) is 6.66. The first-order valence-corrected chi connectivity index (χ1v) is 23.2. The number of benzene rings is 1. The topological polar surface area (TPSA) is 88.8 Å². The molecular formula is C32H48FN7O2Si2. The van der Waals surface area contributed by atoms with Crippen molar-refractivity contribution in [1.29, 1.82) is 0 Å². The maximum absolute atomic E-state index is 14.1. The van der Waals surface area contributed by atoms with Gasteiger partial charge in [0.2, 0.25) is 0 Å². The van der Waals surface area contributed by atoms with Gasteiger partial charge >= 0.3 is 0 Å². The van der Waals surface area contributed by atoms with Crippen LogP contribution in [0.3, 0.4) is 0 Å². The molecule has 4 aromatic rings. The minimum atomic E-state index is -1.24. The van der Waals surface area contributed by atoms with Gasteiger partial charge in [0, 0.05) is 64.2 Å². The van der Waals surface area contributed by atoms with E-state index in [1.165, 1.54) is 12.1 Å². The number of fused-ring (bicyclic) bond motifs is 2. The van der Waals surface area contributed by atoms with Crippen LogP contribution in [0, 0.1) is 5.82 Å². The number of aromatic nitrogens is 4. The van der Waals surface area contributed by atoms with Gasteiger partial charge in [0.25, 0.3) is 0 Å². The first-order valence-electron chi connectivity index (χ1n) is 15.8. The zero-order valence-corrected chi connectivity index (χ0v) is 29.1. The summed E-state index contributed by atoms with van der Waals surface area (Å²) in [5.41, 5.74) is 3.11. The van der Waals surface area contributed by atoms with Crippen LogP contribution in [-0.4, -0.2) is 81.5 Å². The number of ether oxygens (including phenoxy) is 2. The number of nitrogens with one attached hydrogen (secondary N) is 2. The maximum atomic E-state index is 14.1. The van der Waals surface area contributed by atoms with Gasteiger partial charge in [-0.2, -0.15) is 9.61 Å². The van der Waals surface area contributed by atoms with Crippen molar-refractivity contribution >= 4 is 44.3 Å². The molecular weight excluding hydrogens is 590 g/mol. The van der Waals surface area contributed by atoms with Crippen molar-refractivity contribution in [3.05, 3.63) is 48.5 Å². The Morgan fingerprint density at radius 3 is 2.30 bits per heavy atom. The molecule has 12 heteroatoms. The Kier molecular flexibility index (Phi) is 10.4. The van der Waals surface area contributed by atoms with Crippen molar-refractivity contribution in [3.63, 3.8) is 0 Å². The van der Waals surface area contributed by atoms with Gasteiger partial charge in [-0.25, -0.2) is 9.37 Å². The molecule has 44 heavy (non-hydrogen) atoms. The minimum Gasteiger partial charge on any atom is -0.367 e. The molecule has 1 fully saturated rings. The lowest BCUT2D eigenvalue weighted by Crippen LogP contribution is -2.36. The Hall–Kier alpha value is -2.91. The van der Waals surface area contributed by atoms with Crippen LogP contribution < -0.4 is 15.5 Å². The molecule has 1 aliphatic rings. The summed E-state index contributed by atoms with van der Waals surface area (Å²) in [5.74, 6) is 1.35. The highest BCUT2D eigenvalue weighted by molar-refractivity contribution is 6.76. The zero-order chi connectivity index (χ0) is 31.3. The molecule has 1 aliphatic heterocycles. The minimum absolute atomic E-state index is 0.288. The normalized spacial score (nSPS) is 14.9. The van der Waals surface area contributed by atoms with Crippen LogP contribution in [0.15, 0.2) is 42.7 Å². The molecule has 3 aromatic heterocycles. The SMILES string of the molecule is C[Si](C)(C)CCOCN(COCC[Si](C)(C)C)c1cc(NC2CCNCC2)nc2c(-c3cnc4ccc(F)cc4c3)cnn12. The molecule has 238 valence electrons. The smallest absolute Gasteiger partial charge is 0.167 e. The second-order valence-corrected chi connectivity index (χ2v) is 25.5. The van der Waals surface area contributed by atoms with E-state index in [4.69, 9.17) is 19.6 Å². The van der Waals surface area contributed by atoms with Crippen molar-refractivity contribution in [2.24, 2.45) is 0 Å². The molecule has 2 N–H and O–H groups in total. The van der Waals surface area contributed by atoms with Gasteiger partial charge in [0.05, 0.1) is 11.7 Å². The maximum Gasteiger partial charge on any atom is 0.167 e. The second-order valence-electron chi connectivity index (χ2n) is 14.3. The van der Waals surface area contributed by atoms with Crippen LogP contribution in [0.2, 0.25) is 51.4 Å². The van der Waals surface area contributed by atoms with Crippen LogP contribution >= 0.6 is 0 Å². The number of nitrogens with zero attached hydrogens (tertiary/aromatic N) is 5. The number of rotatable bonds is 14. The third-order valence-corrected chi connectivity index (χ3v) is 11.3. The predicted molar refractivity (Wildman–Crippen MR) is 184 cm³/mol. The molecule has 0 spiro atoms. The van der Waals surface area contributed by atoms with E-state index < -0.39 is 16.1 Å². The summed E-state index contributed by atoms with van der Waals surface area (Å²) in [4.78, 5) is 11.8. The first-order chi connectivity index (χ1) is 20.9. The standard InChI is InChI=1S/C32H48FN7O2Si2/c1-43(2,3)15-13-41-22-39(23-42-14-16-44(4,5)6)31-19-30(37-27-9-11-34-12-10-27)38-32-28(21-36-40(31)32)25-17-24-18-26(33)7-8-29(24)35-20-25/h7-8,17-21,27,34H,9-16,22-23H2,1-6H3,(H,37,38). The van der Waals surface area contributed by atoms with E-state index in [2.05, 4.69) is 65.9 Å². The lowest BCUT2D eigenvalue weighted by atomic mass is 10.1. The molecule has 0 amide bonds. The van der Waals surface area contributed by atoms with E-state index in [0.29, 0.717) is 38.4 Å². The Labute approximate surface area is 262 Å². The van der Waals surface area contributed by atoms with Crippen LogP contribution in [0.1, 0.15) is 12.8 Å². The first kappa shape index (κ1) is 32.5. The number of pyridine rings is 1. The highest BCUT2D eigenvalue weighted by Crippen LogP contribution is 2.31. The summed E-state index contributed by atoms with van der Waals surface area (Å²) >= 11 is 0. The number of anilines is 2. The second kappa shape index (κ2) is 14.0. The van der Waals surface area contributed by atoms with Crippen molar-refractivity contribution in [3.8, 4) is 11.1 Å². The number of hydrogen-bond acceptors (Lipinski definition) is 8. The van der Waals surface area contributed by atoms with E-state index in [0.717, 1.165) is 71.7 Å². The molecule has 9 nitrogen and oxygen atoms in total. The molecule has 1 aromatic carbocycles. The molecule has 0 radical (unpaired) electrons. The summed E-state index contributed by atoms with van der Waals surface area (Å²) in [5, 5.41) is 12.7. The monoisotopic (exact) mass is 637 g/mol. The molecule has 0 saturated carbocycles. The summed E-state index contributed by atoms with van der Waals surface area (Å²) < 4.78 is 28.5.